The predicted molar refractivity (Wildman–Crippen MR) is 79.0 cm³/mol. The van der Waals surface area contributed by atoms with Crippen LogP contribution < -0.4 is 0 Å². The van der Waals surface area contributed by atoms with Gasteiger partial charge in [0.15, 0.2) is 5.79 Å². The third-order valence-corrected chi connectivity index (χ3v) is 5.64. The van der Waals surface area contributed by atoms with E-state index in [9.17, 15) is 0 Å². The van der Waals surface area contributed by atoms with Crippen LogP contribution in [-0.4, -0.2) is 19.0 Å². The van der Waals surface area contributed by atoms with Crippen LogP contribution in [0.3, 0.4) is 0 Å². The summed E-state index contributed by atoms with van der Waals surface area (Å²) in [6.45, 7) is 13.3. The smallest absolute Gasteiger partial charge is 0.167 e. The average molecular weight is 268 g/mol. The standard InChI is InChI=1S/C17H32O2/c1-6-17(7-2)18-11-16(12-19-17)10-14(5)8-9-15(16)13(3)4/h13-15H,6-12H2,1-5H3/t14-,15+/m1/s1. The highest BCUT2D eigenvalue weighted by atomic mass is 16.7. The molecular formula is C17H32O2. The second-order valence-corrected chi connectivity index (χ2v) is 7.29. The molecule has 1 saturated carbocycles. The monoisotopic (exact) mass is 268 g/mol. The number of rotatable bonds is 3. The van der Waals surface area contributed by atoms with Gasteiger partial charge in [0.25, 0.3) is 0 Å². The maximum atomic E-state index is 6.26. The van der Waals surface area contributed by atoms with Crippen LogP contribution in [0.2, 0.25) is 0 Å². The molecule has 19 heavy (non-hydrogen) atoms. The molecule has 2 atom stereocenters. The molecule has 2 aliphatic rings. The Morgan fingerprint density at radius 2 is 1.63 bits per heavy atom. The number of hydrogen-bond donors (Lipinski definition) is 0. The van der Waals surface area contributed by atoms with Crippen LogP contribution >= 0.6 is 0 Å². The molecule has 0 bridgehead atoms. The van der Waals surface area contributed by atoms with Gasteiger partial charge in [-0.2, -0.15) is 0 Å². The Morgan fingerprint density at radius 3 is 2.11 bits per heavy atom. The van der Waals surface area contributed by atoms with Crippen molar-refractivity contribution in [2.24, 2.45) is 23.2 Å². The second kappa shape index (κ2) is 5.73. The van der Waals surface area contributed by atoms with Gasteiger partial charge in [0.2, 0.25) is 0 Å². The molecule has 1 heterocycles. The summed E-state index contributed by atoms with van der Waals surface area (Å²) in [6.07, 6.45) is 5.91. The van der Waals surface area contributed by atoms with Gasteiger partial charge < -0.3 is 9.47 Å². The topological polar surface area (TPSA) is 18.5 Å². The minimum Gasteiger partial charge on any atom is -0.349 e. The lowest BCUT2D eigenvalue weighted by Gasteiger charge is -2.53. The summed E-state index contributed by atoms with van der Waals surface area (Å²) < 4.78 is 12.5. The van der Waals surface area contributed by atoms with Crippen molar-refractivity contribution in [3.05, 3.63) is 0 Å². The van der Waals surface area contributed by atoms with Crippen LogP contribution in [0.25, 0.3) is 0 Å². The van der Waals surface area contributed by atoms with Crippen LogP contribution in [0, 0.1) is 23.2 Å². The first-order chi connectivity index (χ1) is 8.97. The van der Waals surface area contributed by atoms with E-state index in [1.54, 1.807) is 0 Å². The molecule has 2 nitrogen and oxygen atoms in total. The zero-order valence-electron chi connectivity index (χ0n) is 13.5. The van der Waals surface area contributed by atoms with Crippen molar-refractivity contribution in [2.75, 3.05) is 13.2 Å². The Bertz CT molecular complexity index is 284. The first-order valence-electron chi connectivity index (χ1n) is 8.25. The van der Waals surface area contributed by atoms with Gasteiger partial charge in [-0.1, -0.05) is 41.0 Å². The summed E-state index contributed by atoms with van der Waals surface area (Å²) in [4.78, 5) is 0. The summed E-state index contributed by atoms with van der Waals surface area (Å²) in [5.41, 5.74) is 0.277. The van der Waals surface area contributed by atoms with Crippen molar-refractivity contribution in [3.63, 3.8) is 0 Å². The van der Waals surface area contributed by atoms with E-state index in [4.69, 9.17) is 9.47 Å². The molecule has 0 aromatic heterocycles. The van der Waals surface area contributed by atoms with Crippen LogP contribution in [0.4, 0.5) is 0 Å². The number of ether oxygens (including phenoxy) is 2. The normalized spacial score (nSPS) is 33.8. The van der Waals surface area contributed by atoms with Crippen LogP contribution in [0.5, 0.6) is 0 Å². The fourth-order valence-electron chi connectivity index (χ4n) is 4.38. The van der Waals surface area contributed by atoms with Gasteiger partial charge in [0.1, 0.15) is 0 Å². The summed E-state index contributed by atoms with van der Waals surface area (Å²) in [6, 6.07) is 0. The molecule has 0 radical (unpaired) electrons. The largest absolute Gasteiger partial charge is 0.349 e. The van der Waals surface area contributed by atoms with Gasteiger partial charge in [-0.3, -0.25) is 0 Å². The van der Waals surface area contributed by atoms with Gasteiger partial charge in [-0.25, -0.2) is 0 Å². The Hall–Kier alpha value is -0.0800. The van der Waals surface area contributed by atoms with E-state index in [0.29, 0.717) is 0 Å². The zero-order chi connectivity index (χ0) is 14.1. The van der Waals surface area contributed by atoms with Gasteiger partial charge in [-0.15, -0.1) is 0 Å². The Labute approximate surface area is 119 Å². The maximum absolute atomic E-state index is 6.26. The predicted octanol–water partition coefficient (Wildman–Crippen LogP) is 4.63. The molecule has 112 valence electrons. The second-order valence-electron chi connectivity index (χ2n) is 7.29. The molecule has 2 heteroatoms. The average Bonchev–Trinajstić information content (AvgIpc) is 2.40. The van der Waals surface area contributed by atoms with E-state index in [-0.39, 0.29) is 11.2 Å². The maximum Gasteiger partial charge on any atom is 0.167 e. The third kappa shape index (κ3) is 2.85. The van der Waals surface area contributed by atoms with Crippen molar-refractivity contribution in [3.8, 4) is 0 Å². The fourth-order valence-corrected chi connectivity index (χ4v) is 4.38. The Kier molecular flexibility index (Phi) is 4.62. The van der Waals surface area contributed by atoms with Gasteiger partial charge in [0, 0.05) is 5.41 Å². The molecule has 0 amide bonds. The first-order valence-corrected chi connectivity index (χ1v) is 8.25. The third-order valence-electron chi connectivity index (χ3n) is 5.64. The zero-order valence-corrected chi connectivity index (χ0v) is 13.5. The first kappa shape index (κ1) is 15.3. The minimum atomic E-state index is -0.298. The van der Waals surface area contributed by atoms with E-state index in [2.05, 4.69) is 34.6 Å². The molecule has 1 aliphatic carbocycles. The van der Waals surface area contributed by atoms with Gasteiger partial charge in [-0.05, 0) is 43.4 Å². The quantitative estimate of drug-likeness (QED) is 0.743. The van der Waals surface area contributed by atoms with Crippen molar-refractivity contribution in [1.29, 1.82) is 0 Å². The van der Waals surface area contributed by atoms with Crippen molar-refractivity contribution < 1.29 is 9.47 Å². The summed E-state index contributed by atoms with van der Waals surface area (Å²) in [5.74, 6) is 2.01. The van der Waals surface area contributed by atoms with Crippen molar-refractivity contribution in [2.45, 2.75) is 72.5 Å². The van der Waals surface area contributed by atoms with E-state index in [0.717, 1.165) is 43.8 Å². The van der Waals surface area contributed by atoms with Crippen LogP contribution in [0.15, 0.2) is 0 Å². The van der Waals surface area contributed by atoms with E-state index in [1.807, 2.05) is 0 Å². The summed E-state index contributed by atoms with van der Waals surface area (Å²) in [5, 5.41) is 0. The molecule has 2 rings (SSSR count). The van der Waals surface area contributed by atoms with Crippen molar-refractivity contribution in [1.82, 2.24) is 0 Å². The van der Waals surface area contributed by atoms with E-state index < -0.39 is 0 Å². The Morgan fingerprint density at radius 1 is 1.05 bits per heavy atom. The van der Waals surface area contributed by atoms with Crippen LogP contribution in [0.1, 0.15) is 66.7 Å². The SMILES string of the molecule is CCC1(CC)OCC2(CO1)C[C@H](C)CC[C@H]2C(C)C. The summed E-state index contributed by atoms with van der Waals surface area (Å²) in [7, 11) is 0. The Balaban J connectivity index is 2.13. The molecular weight excluding hydrogens is 236 g/mol. The van der Waals surface area contributed by atoms with Gasteiger partial charge >= 0.3 is 0 Å². The molecule has 1 aliphatic heterocycles. The molecule has 0 N–H and O–H groups in total. The highest BCUT2D eigenvalue weighted by Gasteiger charge is 2.50. The fraction of sp³-hybridized carbons (Fsp3) is 1.00. The summed E-state index contributed by atoms with van der Waals surface area (Å²) >= 11 is 0. The molecule has 0 aromatic carbocycles. The highest BCUT2D eigenvalue weighted by molar-refractivity contribution is 4.96. The molecule has 1 spiro atoms. The molecule has 0 unspecified atom stereocenters. The highest BCUT2D eigenvalue weighted by Crippen LogP contribution is 2.51. The lowest BCUT2D eigenvalue weighted by atomic mass is 9.60. The lowest BCUT2D eigenvalue weighted by Crippen LogP contribution is -2.55. The lowest BCUT2D eigenvalue weighted by molar-refractivity contribution is -0.322. The minimum absolute atomic E-state index is 0.277. The van der Waals surface area contributed by atoms with E-state index >= 15 is 0 Å². The van der Waals surface area contributed by atoms with Crippen LogP contribution in [-0.2, 0) is 9.47 Å². The molecule has 1 saturated heterocycles. The van der Waals surface area contributed by atoms with E-state index in [1.165, 1.54) is 19.3 Å². The molecule has 0 aromatic rings. The van der Waals surface area contributed by atoms with Crippen molar-refractivity contribution >= 4 is 0 Å². The van der Waals surface area contributed by atoms with Gasteiger partial charge in [0.05, 0.1) is 13.2 Å². The molecule has 2 fully saturated rings. The number of hydrogen-bond acceptors (Lipinski definition) is 2.